The largest absolute Gasteiger partial charge is 0.419 e. The molecule has 0 aliphatic carbocycles. The van der Waals surface area contributed by atoms with Crippen molar-refractivity contribution in [3.05, 3.63) is 35.2 Å². The summed E-state index contributed by atoms with van der Waals surface area (Å²) in [6.45, 7) is -0.613. The van der Waals surface area contributed by atoms with Crippen LogP contribution in [0.25, 0.3) is 11.5 Å². The molecular weight excluding hydrogens is 323 g/mol. The maximum absolute atomic E-state index is 12.3. The quantitative estimate of drug-likeness (QED) is 0.910. The number of aliphatic hydroxyl groups excluding tert-OH is 1. The number of hydrogen-bond donors (Lipinski definition) is 1. The average Bonchev–Trinajstić information content (AvgIpc) is 2.86. The molecule has 5 nitrogen and oxygen atoms in total. The van der Waals surface area contributed by atoms with E-state index in [0.29, 0.717) is 10.6 Å². The Hall–Kier alpha value is -1.64. The van der Waals surface area contributed by atoms with Gasteiger partial charge in [-0.05, 0) is 19.2 Å². The standard InChI is InChI=1S/C13H13ClF3N3O2/c1-20(6-10(21)13(15,16)17)7-11-18-19-12(22-11)8-4-2-3-5-9(8)14/h2-5,10,21H,6-7H2,1H3. The molecule has 1 aromatic carbocycles. The molecule has 0 radical (unpaired) electrons. The highest BCUT2D eigenvalue weighted by Gasteiger charge is 2.38. The van der Waals surface area contributed by atoms with Crippen LogP contribution in [0.5, 0.6) is 0 Å². The van der Waals surface area contributed by atoms with Gasteiger partial charge in [0, 0.05) is 6.54 Å². The van der Waals surface area contributed by atoms with E-state index in [4.69, 9.17) is 21.1 Å². The summed E-state index contributed by atoms with van der Waals surface area (Å²) in [5.41, 5.74) is 0.542. The zero-order valence-corrected chi connectivity index (χ0v) is 12.3. The molecule has 22 heavy (non-hydrogen) atoms. The minimum atomic E-state index is -4.66. The molecule has 1 aromatic heterocycles. The highest BCUT2D eigenvalue weighted by atomic mass is 35.5. The molecule has 120 valence electrons. The van der Waals surface area contributed by atoms with Gasteiger partial charge in [-0.2, -0.15) is 13.2 Å². The fourth-order valence-corrected chi connectivity index (χ4v) is 1.97. The summed E-state index contributed by atoms with van der Waals surface area (Å²) >= 11 is 6.00. The minimum Gasteiger partial charge on any atom is -0.419 e. The third-order valence-electron chi connectivity index (χ3n) is 2.84. The number of hydrogen-bond acceptors (Lipinski definition) is 5. The fourth-order valence-electron chi connectivity index (χ4n) is 1.76. The monoisotopic (exact) mass is 335 g/mol. The van der Waals surface area contributed by atoms with Gasteiger partial charge in [0.1, 0.15) is 0 Å². The van der Waals surface area contributed by atoms with Crippen LogP contribution < -0.4 is 0 Å². The van der Waals surface area contributed by atoms with E-state index < -0.39 is 18.8 Å². The van der Waals surface area contributed by atoms with Crippen LogP contribution in [-0.4, -0.2) is 46.1 Å². The Kier molecular flexibility index (Phi) is 5.05. The Balaban J connectivity index is 2.02. The lowest BCUT2D eigenvalue weighted by molar-refractivity contribution is -0.207. The summed E-state index contributed by atoms with van der Waals surface area (Å²) in [7, 11) is 1.41. The van der Waals surface area contributed by atoms with E-state index in [1.807, 2.05) is 0 Å². The number of likely N-dealkylation sites (N-methyl/N-ethyl adjacent to an activating group) is 1. The number of aromatic nitrogens is 2. The first-order valence-corrected chi connectivity index (χ1v) is 6.66. The summed E-state index contributed by atoms with van der Waals surface area (Å²) in [5, 5.41) is 17.0. The lowest BCUT2D eigenvalue weighted by atomic mass is 10.2. The minimum absolute atomic E-state index is 0.0232. The van der Waals surface area contributed by atoms with Crippen molar-refractivity contribution in [2.75, 3.05) is 13.6 Å². The van der Waals surface area contributed by atoms with Crippen molar-refractivity contribution >= 4 is 11.6 Å². The van der Waals surface area contributed by atoms with Gasteiger partial charge in [0.2, 0.25) is 11.8 Å². The van der Waals surface area contributed by atoms with E-state index in [9.17, 15) is 13.2 Å². The molecule has 0 saturated carbocycles. The van der Waals surface area contributed by atoms with E-state index >= 15 is 0 Å². The van der Waals surface area contributed by atoms with Crippen molar-refractivity contribution in [1.82, 2.24) is 15.1 Å². The van der Waals surface area contributed by atoms with Gasteiger partial charge < -0.3 is 9.52 Å². The van der Waals surface area contributed by atoms with Crippen molar-refractivity contribution in [1.29, 1.82) is 0 Å². The summed E-state index contributed by atoms with van der Waals surface area (Å²) < 4.78 is 42.2. The third-order valence-corrected chi connectivity index (χ3v) is 3.17. The first kappa shape index (κ1) is 16.7. The number of rotatable bonds is 5. The fraction of sp³-hybridized carbons (Fsp3) is 0.385. The van der Waals surface area contributed by atoms with Crippen LogP contribution in [0, 0.1) is 0 Å². The number of alkyl halides is 3. The SMILES string of the molecule is CN(Cc1nnc(-c2ccccc2Cl)o1)CC(O)C(F)(F)F. The van der Waals surface area contributed by atoms with Crippen molar-refractivity contribution < 1.29 is 22.7 Å². The molecule has 1 N–H and O–H groups in total. The first-order valence-electron chi connectivity index (χ1n) is 6.28. The van der Waals surface area contributed by atoms with E-state index in [2.05, 4.69) is 10.2 Å². The van der Waals surface area contributed by atoms with Crippen LogP contribution in [0.3, 0.4) is 0 Å². The van der Waals surface area contributed by atoms with E-state index in [0.717, 1.165) is 0 Å². The van der Waals surface area contributed by atoms with Crippen LogP contribution in [-0.2, 0) is 6.54 Å². The predicted molar refractivity (Wildman–Crippen MR) is 73.1 cm³/mol. The summed E-state index contributed by atoms with van der Waals surface area (Å²) in [4.78, 5) is 1.24. The summed E-state index contributed by atoms with van der Waals surface area (Å²) in [5.74, 6) is 0.317. The maximum Gasteiger partial charge on any atom is 0.415 e. The van der Waals surface area contributed by atoms with Gasteiger partial charge in [0.05, 0.1) is 17.1 Å². The van der Waals surface area contributed by atoms with Crippen molar-refractivity contribution in [2.24, 2.45) is 0 Å². The molecule has 9 heteroatoms. The number of aliphatic hydroxyl groups is 1. The van der Waals surface area contributed by atoms with E-state index in [1.54, 1.807) is 24.3 Å². The molecule has 2 aromatic rings. The number of nitrogens with zero attached hydrogens (tertiary/aromatic N) is 3. The highest BCUT2D eigenvalue weighted by molar-refractivity contribution is 6.33. The van der Waals surface area contributed by atoms with Gasteiger partial charge in [-0.15, -0.1) is 10.2 Å². The van der Waals surface area contributed by atoms with Crippen LogP contribution in [0.15, 0.2) is 28.7 Å². The lowest BCUT2D eigenvalue weighted by Gasteiger charge is -2.20. The zero-order valence-electron chi connectivity index (χ0n) is 11.5. The lowest BCUT2D eigenvalue weighted by Crippen LogP contribution is -2.39. The van der Waals surface area contributed by atoms with Gasteiger partial charge in [0.25, 0.3) is 0 Å². The Bertz CT molecular complexity index is 633. The normalized spacial score (nSPS) is 13.6. The van der Waals surface area contributed by atoms with Gasteiger partial charge in [-0.3, -0.25) is 4.90 Å². The van der Waals surface area contributed by atoms with Crippen LogP contribution in [0.1, 0.15) is 5.89 Å². The topological polar surface area (TPSA) is 62.4 Å². The van der Waals surface area contributed by atoms with Crippen LogP contribution in [0.2, 0.25) is 5.02 Å². The molecule has 1 atom stereocenters. The Morgan fingerprint density at radius 2 is 2.00 bits per heavy atom. The molecule has 0 aliphatic heterocycles. The summed E-state index contributed by atoms with van der Waals surface area (Å²) in [6, 6.07) is 6.84. The smallest absolute Gasteiger partial charge is 0.415 e. The van der Waals surface area contributed by atoms with Gasteiger partial charge in [-0.1, -0.05) is 23.7 Å². The molecule has 0 spiro atoms. The molecule has 0 aliphatic rings. The Labute approximate surface area is 129 Å². The maximum atomic E-state index is 12.3. The predicted octanol–water partition coefficient (Wildman–Crippen LogP) is 2.75. The molecule has 0 fully saturated rings. The second-order valence-corrected chi connectivity index (χ2v) is 5.14. The van der Waals surface area contributed by atoms with E-state index in [1.165, 1.54) is 11.9 Å². The van der Waals surface area contributed by atoms with Gasteiger partial charge in [-0.25, -0.2) is 0 Å². The van der Waals surface area contributed by atoms with Gasteiger partial charge >= 0.3 is 6.18 Å². The van der Waals surface area contributed by atoms with Crippen molar-refractivity contribution in [3.8, 4) is 11.5 Å². The first-order chi connectivity index (χ1) is 10.3. The van der Waals surface area contributed by atoms with Crippen molar-refractivity contribution in [2.45, 2.75) is 18.8 Å². The molecule has 0 saturated heterocycles. The molecular formula is C13H13ClF3N3O2. The number of benzene rings is 1. The molecule has 0 bridgehead atoms. The second-order valence-electron chi connectivity index (χ2n) is 4.73. The van der Waals surface area contributed by atoms with Crippen molar-refractivity contribution in [3.63, 3.8) is 0 Å². The Morgan fingerprint density at radius 3 is 2.64 bits per heavy atom. The second kappa shape index (κ2) is 6.64. The molecule has 1 unspecified atom stereocenters. The van der Waals surface area contributed by atoms with Crippen LogP contribution >= 0.6 is 11.6 Å². The Morgan fingerprint density at radius 1 is 1.32 bits per heavy atom. The highest BCUT2D eigenvalue weighted by Crippen LogP contribution is 2.26. The van der Waals surface area contributed by atoms with Gasteiger partial charge in [0.15, 0.2) is 6.10 Å². The van der Waals surface area contributed by atoms with Crippen LogP contribution in [0.4, 0.5) is 13.2 Å². The van der Waals surface area contributed by atoms with E-state index in [-0.39, 0.29) is 18.3 Å². The summed E-state index contributed by atoms with van der Waals surface area (Å²) in [6.07, 6.45) is -7.09. The molecule has 2 rings (SSSR count). The molecule has 0 amide bonds. The zero-order chi connectivity index (χ0) is 16.3. The number of halogens is 4. The third kappa shape index (κ3) is 4.19. The molecule has 1 heterocycles. The average molecular weight is 336 g/mol.